The van der Waals surface area contributed by atoms with Crippen LogP contribution in [0.2, 0.25) is 5.02 Å². The van der Waals surface area contributed by atoms with Gasteiger partial charge in [-0.2, -0.15) is 0 Å². The van der Waals surface area contributed by atoms with Crippen LogP contribution in [0, 0.1) is 0 Å². The SMILES string of the molecule is COC(=O)c1ccc(CSc2nnc(-c3ccccc3Cl)n2C)cc1. The van der Waals surface area contributed by atoms with Crippen molar-refractivity contribution in [1.82, 2.24) is 14.8 Å². The monoisotopic (exact) mass is 373 g/mol. The standard InChI is InChI=1S/C18H16ClN3O2S/c1-22-16(14-5-3-4-6-15(14)19)20-21-18(22)25-11-12-7-9-13(10-8-12)17(23)24-2/h3-10H,11H2,1-2H3. The molecule has 128 valence electrons. The lowest BCUT2D eigenvalue weighted by Gasteiger charge is -2.06. The van der Waals surface area contributed by atoms with Crippen molar-refractivity contribution >= 4 is 29.3 Å². The Kier molecular flexibility index (Phi) is 5.40. The predicted molar refractivity (Wildman–Crippen MR) is 98.8 cm³/mol. The Balaban J connectivity index is 1.72. The van der Waals surface area contributed by atoms with Crippen molar-refractivity contribution in [1.29, 1.82) is 0 Å². The van der Waals surface area contributed by atoms with Gasteiger partial charge in [0.1, 0.15) is 0 Å². The summed E-state index contributed by atoms with van der Waals surface area (Å²) in [6.07, 6.45) is 0. The normalized spacial score (nSPS) is 10.7. The van der Waals surface area contributed by atoms with E-state index in [0.717, 1.165) is 27.9 Å². The maximum absolute atomic E-state index is 11.5. The van der Waals surface area contributed by atoms with E-state index in [-0.39, 0.29) is 5.97 Å². The largest absolute Gasteiger partial charge is 0.465 e. The number of halogens is 1. The fourth-order valence-electron chi connectivity index (χ4n) is 2.32. The highest BCUT2D eigenvalue weighted by molar-refractivity contribution is 7.98. The molecule has 5 nitrogen and oxygen atoms in total. The third kappa shape index (κ3) is 3.86. The number of aromatic nitrogens is 3. The first kappa shape index (κ1) is 17.5. The molecule has 0 aliphatic carbocycles. The van der Waals surface area contributed by atoms with Gasteiger partial charge in [0.2, 0.25) is 0 Å². The number of ether oxygens (including phenoxy) is 1. The molecule has 0 spiro atoms. The van der Waals surface area contributed by atoms with Crippen molar-refractivity contribution in [3.05, 3.63) is 64.7 Å². The van der Waals surface area contributed by atoms with Crippen molar-refractivity contribution in [2.75, 3.05) is 7.11 Å². The van der Waals surface area contributed by atoms with E-state index in [2.05, 4.69) is 10.2 Å². The average molecular weight is 374 g/mol. The number of carbonyl (C=O) groups excluding carboxylic acids is 1. The third-order valence-electron chi connectivity index (χ3n) is 3.69. The molecule has 0 N–H and O–H groups in total. The summed E-state index contributed by atoms with van der Waals surface area (Å²) in [6, 6.07) is 14.9. The summed E-state index contributed by atoms with van der Waals surface area (Å²) < 4.78 is 6.62. The number of nitrogens with zero attached hydrogens (tertiary/aromatic N) is 3. The van der Waals surface area contributed by atoms with Crippen LogP contribution < -0.4 is 0 Å². The topological polar surface area (TPSA) is 57.0 Å². The fourth-order valence-corrected chi connectivity index (χ4v) is 3.41. The van der Waals surface area contributed by atoms with E-state index in [1.165, 1.54) is 7.11 Å². The molecule has 0 saturated carbocycles. The number of methoxy groups -OCH3 is 1. The van der Waals surface area contributed by atoms with Crippen LogP contribution in [0.25, 0.3) is 11.4 Å². The molecule has 0 bridgehead atoms. The molecule has 0 fully saturated rings. The summed E-state index contributed by atoms with van der Waals surface area (Å²) in [5, 5.41) is 9.95. The summed E-state index contributed by atoms with van der Waals surface area (Å²) in [5.41, 5.74) is 2.48. The molecular weight excluding hydrogens is 358 g/mol. The molecule has 1 aromatic heterocycles. The van der Waals surface area contributed by atoms with Crippen molar-refractivity contribution in [3.8, 4) is 11.4 Å². The van der Waals surface area contributed by atoms with E-state index < -0.39 is 0 Å². The lowest BCUT2D eigenvalue weighted by Crippen LogP contribution is -2.00. The summed E-state index contributed by atoms with van der Waals surface area (Å²) in [7, 11) is 3.29. The maximum Gasteiger partial charge on any atom is 0.337 e. The number of thioether (sulfide) groups is 1. The van der Waals surface area contributed by atoms with Gasteiger partial charge in [-0.15, -0.1) is 10.2 Å². The smallest absolute Gasteiger partial charge is 0.337 e. The average Bonchev–Trinajstić information content (AvgIpc) is 3.00. The molecule has 0 saturated heterocycles. The van der Waals surface area contributed by atoms with Gasteiger partial charge in [0.05, 0.1) is 17.7 Å². The first-order valence-electron chi connectivity index (χ1n) is 7.54. The zero-order valence-electron chi connectivity index (χ0n) is 13.8. The van der Waals surface area contributed by atoms with E-state index >= 15 is 0 Å². The van der Waals surface area contributed by atoms with Crippen LogP contribution in [0.1, 0.15) is 15.9 Å². The number of carbonyl (C=O) groups is 1. The number of hydrogen-bond acceptors (Lipinski definition) is 5. The van der Waals surface area contributed by atoms with Crippen LogP contribution in [-0.4, -0.2) is 27.8 Å². The van der Waals surface area contributed by atoms with Crippen LogP contribution in [0.4, 0.5) is 0 Å². The summed E-state index contributed by atoms with van der Waals surface area (Å²) in [5.74, 6) is 1.11. The summed E-state index contributed by atoms with van der Waals surface area (Å²) >= 11 is 7.81. The highest BCUT2D eigenvalue weighted by Gasteiger charge is 2.13. The molecule has 7 heteroatoms. The van der Waals surface area contributed by atoms with Crippen molar-refractivity contribution in [3.63, 3.8) is 0 Å². The lowest BCUT2D eigenvalue weighted by atomic mass is 10.1. The zero-order chi connectivity index (χ0) is 17.8. The predicted octanol–water partition coefficient (Wildman–Crippen LogP) is 4.21. The molecule has 25 heavy (non-hydrogen) atoms. The Morgan fingerprint density at radius 1 is 1.16 bits per heavy atom. The van der Waals surface area contributed by atoms with E-state index in [4.69, 9.17) is 16.3 Å². The van der Waals surface area contributed by atoms with Gasteiger partial charge in [-0.05, 0) is 29.8 Å². The second-order valence-electron chi connectivity index (χ2n) is 5.32. The lowest BCUT2D eigenvalue weighted by molar-refractivity contribution is 0.0600. The van der Waals surface area contributed by atoms with Crippen LogP contribution >= 0.6 is 23.4 Å². The van der Waals surface area contributed by atoms with Crippen LogP contribution in [0.15, 0.2) is 53.7 Å². The quantitative estimate of drug-likeness (QED) is 0.495. The van der Waals surface area contributed by atoms with Gasteiger partial charge >= 0.3 is 5.97 Å². The second-order valence-corrected chi connectivity index (χ2v) is 6.67. The molecule has 0 amide bonds. The molecule has 3 aromatic rings. The van der Waals surface area contributed by atoms with E-state index in [1.54, 1.807) is 23.9 Å². The molecule has 2 aromatic carbocycles. The molecule has 0 atom stereocenters. The molecular formula is C18H16ClN3O2S. The highest BCUT2D eigenvalue weighted by atomic mass is 35.5. The first-order valence-corrected chi connectivity index (χ1v) is 8.91. The minimum Gasteiger partial charge on any atom is -0.465 e. The van der Waals surface area contributed by atoms with Crippen molar-refractivity contribution < 1.29 is 9.53 Å². The summed E-state index contributed by atoms with van der Waals surface area (Å²) in [4.78, 5) is 11.5. The van der Waals surface area contributed by atoms with Crippen LogP contribution in [0.3, 0.4) is 0 Å². The van der Waals surface area contributed by atoms with Gasteiger partial charge in [-0.25, -0.2) is 4.79 Å². The van der Waals surface area contributed by atoms with Gasteiger partial charge < -0.3 is 9.30 Å². The van der Waals surface area contributed by atoms with E-state index in [1.807, 2.05) is 48.0 Å². The zero-order valence-corrected chi connectivity index (χ0v) is 15.3. The molecule has 0 aliphatic heterocycles. The third-order valence-corrected chi connectivity index (χ3v) is 5.11. The van der Waals surface area contributed by atoms with Crippen LogP contribution in [0.5, 0.6) is 0 Å². The molecule has 1 heterocycles. The first-order chi connectivity index (χ1) is 12.1. The molecule has 0 unspecified atom stereocenters. The second kappa shape index (κ2) is 7.72. The highest BCUT2D eigenvalue weighted by Crippen LogP contribution is 2.29. The molecule has 0 radical (unpaired) electrons. The molecule has 0 aliphatic rings. The maximum atomic E-state index is 11.5. The minimum atomic E-state index is -0.336. The Morgan fingerprint density at radius 2 is 1.88 bits per heavy atom. The summed E-state index contributed by atoms with van der Waals surface area (Å²) in [6.45, 7) is 0. The van der Waals surface area contributed by atoms with Gasteiger partial charge in [0, 0.05) is 18.4 Å². The number of benzene rings is 2. The molecule has 3 rings (SSSR count). The Labute approximate surface area is 155 Å². The van der Waals surface area contributed by atoms with Gasteiger partial charge in [-0.3, -0.25) is 0 Å². The van der Waals surface area contributed by atoms with Crippen molar-refractivity contribution in [2.24, 2.45) is 7.05 Å². The Hall–Kier alpha value is -2.31. The minimum absolute atomic E-state index is 0.336. The van der Waals surface area contributed by atoms with Gasteiger partial charge in [0.25, 0.3) is 0 Å². The Morgan fingerprint density at radius 3 is 2.56 bits per heavy atom. The van der Waals surface area contributed by atoms with Crippen molar-refractivity contribution in [2.45, 2.75) is 10.9 Å². The number of esters is 1. The van der Waals surface area contributed by atoms with Gasteiger partial charge in [-0.1, -0.05) is 47.6 Å². The van der Waals surface area contributed by atoms with Gasteiger partial charge in [0.15, 0.2) is 11.0 Å². The van der Waals surface area contributed by atoms with E-state index in [0.29, 0.717) is 10.6 Å². The van der Waals surface area contributed by atoms with Crippen LogP contribution in [-0.2, 0) is 17.5 Å². The van der Waals surface area contributed by atoms with E-state index in [9.17, 15) is 4.79 Å². The fraction of sp³-hybridized carbons (Fsp3) is 0.167. The number of rotatable bonds is 5. The Bertz CT molecular complexity index is 894. The number of hydrogen-bond donors (Lipinski definition) is 0.